The first-order valence-corrected chi connectivity index (χ1v) is 11.0. The number of rotatable bonds is 9. The lowest BCUT2D eigenvalue weighted by Crippen LogP contribution is -2.32. The van der Waals surface area contributed by atoms with Crippen LogP contribution in [0.15, 0.2) is 24.3 Å². The fourth-order valence-corrected chi connectivity index (χ4v) is 4.94. The van der Waals surface area contributed by atoms with Gasteiger partial charge in [-0.15, -0.1) is 0 Å². The van der Waals surface area contributed by atoms with E-state index in [1.807, 2.05) is 12.1 Å². The molecule has 1 aromatic carbocycles. The van der Waals surface area contributed by atoms with Gasteiger partial charge in [0.25, 0.3) is 0 Å². The number of carbonyl (C=O) groups is 2. The van der Waals surface area contributed by atoms with E-state index in [-0.39, 0.29) is 28.5 Å². The lowest BCUT2D eigenvalue weighted by atomic mass is 9.62. The van der Waals surface area contributed by atoms with Crippen LogP contribution in [0.5, 0.6) is 0 Å². The first-order valence-electron chi connectivity index (χ1n) is 11.0. The van der Waals surface area contributed by atoms with Crippen LogP contribution in [0.2, 0.25) is 5.31 Å². The molecule has 4 heteroatoms. The second-order valence-corrected chi connectivity index (χ2v) is 10.4. The maximum atomic E-state index is 13.1. The van der Waals surface area contributed by atoms with Crippen molar-refractivity contribution in [2.75, 3.05) is 4.90 Å². The van der Waals surface area contributed by atoms with Gasteiger partial charge in [0.05, 0.1) is 11.6 Å². The van der Waals surface area contributed by atoms with E-state index < -0.39 is 0 Å². The van der Waals surface area contributed by atoms with E-state index in [4.69, 9.17) is 0 Å². The molecule has 154 valence electrons. The lowest BCUT2D eigenvalue weighted by Gasteiger charge is -2.33. The van der Waals surface area contributed by atoms with E-state index in [1.54, 1.807) is 0 Å². The summed E-state index contributed by atoms with van der Waals surface area (Å²) in [6.07, 6.45) is 5.66. The highest BCUT2D eigenvalue weighted by Crippen LogP contribution is 2.40. The zero-order chi connectivity index (χ0) is 21.1. The zero-order valence-corrected chi connectivity index (χ0v) is 19.0. The Morgan fingerprint density at radius 1 is 1.11 bits per heavy atom. The predicted molar refractivity (Wildman–Crippen MR) is 121 cm³/mol. The number of nitrogens with zero attached hydrogens (tertiary/aromatic N) is 1. The molecule has 1 fully saturated rings. The van der Waals surface area contributed by atoms with E-state index in [9.17, 15) is 9.59 Å². The van der Waals surface area contributed by atoms with Crippen molar-refractivity contribution >= 4 is 25.3 Å². The first-order chi connectivity index (χ1) is 13.0. The summed E-state index contributed by atoms with van der Waals surface area (Å²) < 4.78 is 0. The number of unbranched alkanes of at least 4 members (excludes halogenated alkanes) is 1. The maximum absolute atomic E-state index is 13.1. The molecular weight excluding hydrogens is 345 g/mol. The summed E-state index contributed by atoms with van der Waals surface area (Å²) in [6, 6.07) is 8.07. The van der Waals surface area contributed by atoms with E-state index in [1.165, 1.54) is 10.5 Å². The summed E-state index contributed by atoms with van der Waals surface area (Å²) >= 11 is 0. The average molecular weight is 383 g/mol. The molecule has 2 rings (SSSR count). The van der Waals surface area contributed by atoms with Crippen LogP contribution in [0.3, 0.4) is 0 Å². The highest BCUT2D eigenvalue weighted by molar-refractivity contribution is 6.21. The monoisotopic (exact) mass is 383 g/mol. The first kappa shape index (κ1) is 22.7. The normalized spacial score (nSPS) is 19.4. The average Bonchev–Trinajstić information content (AvgIpc) is 2.88. The van der Waals surface area contributed by atoms with Gasteiger partial charge >= 0.3 is 0 Å². The molecule has 0 N–H and O–H groups in total. The van der Waals surface area contributed by atoms with Crippen molar-refractivity contribution in [1.82, 2.24) is 0 Å². The van der Waals surface area contributed by atoms with Crippen LogP contribution in [0.25, 0.3) is 0 Å². The lowest BCUT2D eigenvalue weighted by molar-refractivity contribution is -0.123. The van der Waals surface area contributed by atoms with Gasteiger partial charge in [-0.1, -0.05) is 78.3 Å². The molecule has 0 spiro atoms. The van der Waals surface area contributed by atoms with Crippen LogP contribution in [0.1, 0.15) is 85.6 Å². The number of hydrogen-bond donors (Lipinski definition) is 0. The smallest absolute Gasteiger partial charge is 0.237 e. The molecule has 1 aliphatic rings. The van der Waals surface area contributed by atoms with E-state index in [0.29, 0.717) is 12.3 Å². The minimum absolute atomic E-state index is 0.00495. The predicted octanol–water partition coefficient (Wildman–Crippen LogP) is 5.28. The molecule has 1 heterocycles. The molecule has 2 atom stereocenters. The number of anilines is 1. The Morgan fingerprint density at radius 2 is 1.71 bits per heavy atom. The fraction of sp³-hybridized carbons (Fsp3) is 0.667. The minimum Gasteiger partial charge on any atom is -0.274 e. The van der Waals surface area contributed by atoms with Crippen LogP contribution < -0.4 is 4.90 Å². The molecule has 2 unspecified atom stereocenters. The molecule has 0 aromatic heterocycles. The summed E-state index contributed by atoms with van der Waals surface area (Å²) in [4.78, 5) is 27.1. The second-order valence-electron chi connectivity index (χ2n) is 10.4. The van der Waals surface area contributed by atoms with Gasteiger partial charge in [0, 0.05) is 6.42 Å². The summed E-state index contributed by atoms with van der Waals surface area (Å²) in [5.74, 6) is 0.105. The Hall–Kier alpha value is -1.58. The van der Waals surface area contributed by atoms with Crippen molar-refractivity contribution in [2.45, 2.75) is 90.8 Å². The number of imide groups is 1. The highest BCUT2D eigenvalue weighted by atomic mass is 16.2. The Kier molecular flexibility index (Phi) is 7.17. The number of carbonyl (C=O) groups excluding carboxylic acids is 2. The summed E-state index contributed by atoms with van der Waals surface area (Å²) in [5.41, 5.74) is 2.01. The minimum atomic E-state index is -0.152. The second kappa shape index (κ2) is 8.84. The van der Waals surface area contributed by atoms with Crippen LogP contribution in [-0.4, -0.2) is 19.7 Å². The van der Waals surface area contributed by atoms with Gasteiger partial charge < -0.3 is 0 Å². The highest BCUT2D eigenvalue weighted by Gasteiger charge is 2.42. The van der Waals surface area contributed by atoms with Crippen molar-refractivity contribution in [3.8, 4) is 0 Å². The SMILES string of the molecule is BC(C)(C)CC(C)(C)c1ccc(N2C(=O)CC(C(CC)CCCC)C2=O)cc1. The van der Waals surface area contributed by atoms with Crippen molar-refractivity contribution in [1.29, 1.82) is 0 Å². The van der Waals surface area contributed by atoms with Crippen molar-refractivity contribution in [3.63, 3.8) is 0 Å². The molecule has 1 saturated heterocycles. The molecule has 0 bridgehead atoms. The fourth-order valence-electron chi connectivity index (χ4n) is 4.94. The molecular formula is C24H38BNO2. The van der Waals surface area contributed by atoms with Crippen LogP contribution >= 0.6 is 0 Å². The van der Waals surface area contributed by atoms with Crippen molar-refractivity contribution in [2.24, 2.45) is 11.8 Å². The van der Waals surface area contributed by atoms with Crippen LogP contribution in [-0.2, 0) is 15.0 Å². The molecule has 3 nitrogen and oxygen atoms in total. The van der Waals surface area contributed by atoms with Gasteiger partial charge in [0.15, 0.2) is 0 Å². The van der Waals surface area contributed by atoms with E-state index >= 15 is 0 Å². The zero-order valence-electron chi connectivity index (χ0n) is 19.0. The number of amides is 2. The van der Waals surface area contributed by atoms with Crippen LogP contribution in [0, 0.1) is 11.8 Å². The largest absolute Gasteiger partial charge is 0.274 e. The van der Waals surface area contributed by atoms with Gasteiger partial charge in [-0.2, -0.15) is 0 Å². The summed E-state index contributed by atoms with van der Waals surface area (Å²) in [7, 11) is 2.26. The van der Waals surface area contributed by atoms with Crippen molar-refractivity contribution < 1.29 is 9.59 Å². The third-order valence-corrected chi connectivity index (χ3v) is 6.08. The molecule has 28 heavy (non-hydrogen) atoms. The quantitative estimate of drug-likeness (QED) is 0.430. The van der Waals surface area contributed by atoms with Gasteiger partial charge in [-0.25, -0.2) is 0 Å². The standard InChI is InChI=1S/C24H38BNO2/c1-7-9-10-17(8-2)20-15-21(27)26(22(20)28)19-13-11-18(12-14-19)23(3,4)16-24(5,6)25/h11-14,17,20H,7-10,15-16,25H2,1-6H3. The third kappa shape index (κ3) is 5.27. The van der Waals surface area contributed by atoms with E-state index in [0.717, 1.165) is 37.8 Å². The van der Waals surface area contributed by atoms with Crippen molar-refractivity contribution in [3.05, 3.63) is 29.8 Å². The third-order valence-electron chi connectivity index (χ3n) is 6.08. The maximum Gasteiger partial charge on any atom is 0.237 e. The van der Waals surface area contributed by atoms with Crippen LogP contribution in [0.4, 0.5) is 5.69 Å². The molecule has 0 aliphatic carbocycles. The van der Waals surface area contributed by atoms with Gasteiger partial charge in [-0.3, -0.25) is 14.5 Å². The van der Waals surface area contributed by atoms with Gasteiger partial charge in [0.2, 0.25) is 11.8 Å². The molecule has 1 aliphatic heterocycles. The Balaban J connectivity index is 2.19. The van der Waals surface area contributed by atoms with Gasteiger partial charge in [-0.05, 0) is 41.9 Å². The molecule has 0 saturated carbocycles. The Bertz CT molecular complexity index is 688. The molecule has 0 radical (unpaired) electrons. The Labute approximate surface area is 172 Å². The summed E-state index contributed by atoms with van der Waals surface area (Å²) in [6.45, 7) is 13.3. The molecule has 1 aromatic rings. The summed E-state index contributed by atoms with van der Waals surface area (Å²) in [5, 5.41) is 0.240. The number of hydrogen-bond acceptors (Lipinski definition) is 2. The Morgan fingerprint density at radius 3 is 2.21 bits per heavy atom. The number of benzene rings is 1. The van der Waals surface area contributed by atoms with Gasteiger partial charge in [0.1, 0.15) is 7.85 Å². The molecule has 2 amide bonds. The van der Waals surface area contributed by atoms with E-state index in [2.05, 4.69) is 61.5 Å². The topological polar surface area (TPSA) is 37.4 Å².